The van der Waals surface area contributed by atoms with E-state index in [-0.39, 0.29) is 11.3 Å². The van der Waals surface area contributed by atoms with Gasteiger partial charge in [0.25, 0.3) is 5.91 Å². The van der Waals surface area contributed by atoms with Gasteiger partial charge in [-0.2, -0.15) is 0 Å². The number of anilines is 3. The van der Waals surface area contributed by atoms with Crippen LogP contribution in [0, 0.1) is 6.92 Å². The predicted molar refractivity (Wildman–Crippen MR) is 128 cm³/mol. The van der Waals surface area contributed by atoms with E-state index in [0.29, 0.717) is 18.9 Å². The lowest BCUT2D eigenvalue weighted by atomic mass is 9.86. The van der Waals surface area contributed by atoms with Crippen molar-refractivity contribution in [2.45, 2.75) is 33.1 Å². The number of hydrogen-bond acceptors (Lipinski definition) is 6. The van der Waals surface area contributed by atoms with E-state index in [1.165, 1.54) is 5.56 Å². The van der Waals surface area contributed by atoms with Gasteiger partial charge in [-0.05, 0) is 53.8 Å². The first-order valence-corrected chi connectivity index (χ1v) is 11.0. The van der Waals surface area contributed by atoms with Gasteiger partial charge in [0.15, 0.2) is 11.6 Å². The Bertz CT molecular complexity index is 1050. The van der Waals surface area contributed by atoms with Gasteiger partial charge in [0.2, 0.25) is 0 Å². The number of nitrogens with zero attached hydrogens (tertiary/aromatic N) is 5. The summed E-state index contributed by atoms with van der Waals surface area (Å²) in [4.78, 5) is 21.3. The fourth-order valence-electron chi connectivity index (χ4n) is 3.67. The molecular weight excluding hydrogens is 400 g/mol. The van der Waals surface area contributed by atoms with Crippen molar-refractivity contribution in [1.29, 1.82) is 0 Å². The van der Waals surface area contributed by atoms with Crippen molar-refractivity contribution in [3.63, 3.8) is 0 Å². The van der Waals surface area contributed by atoms with Crippen molar-refractivity contribution in [3.8, 4) is 0 Å². The summed E-state index contributed by atoms with van der Waals surface area (Å²) in [5, 5.41) is 11.8. The maximum atomic E-state index is 12.9. The molecule has 0 aliphatic carbocycles. The lowest BCUT2D eigenvalue weighted by Gasteiger charge is -2.35. The fourth-order valence-corrected chi connectivity index (χ4v) is 3.67. The maximum Gasteiger partial charge on any atom is 0.253 e. The standard InChI is InChI=1S/C25H30N6O/c1-18-5-10-21(26-17-18)27-22-11-12-23(29-28-22)30-13-15-31(16-14-30)24(32)19-6-8-20(9-7-19)25(2,3)4/h5-12,17H,13-16H2,1-4H3,(H,26,27,28). The minimum atomic E-state index is 0.0793. The largest absolute Gasteiger partial charge is 0.352 e. The first-order chi connectivity index (χ1) is 15.3. The molecule has 7 nitrogen and oxygen atoms in total. The molecule has 0 atom stereocenters. The van der Waals surface area contributed by atoms with Crippen LogP contribution < -0.4 is 10.2 Å². The average molecular weight is 431 g/mol. The van der Waals surface area contributed by atoms with Gasteiger partial charge in [0, 0.05) is 37.9 Å². The van der Waals surface area contributed by atoms with Gasteiger partial charge < -0.3 is 15.1 Å². The predicted octanol–water partition coefficient (Wildman–Crippen LogP) is 4.18. The molecule has 7 heteroatoms. The van der Waals surface area contributed by atoms with Crippen LogP contribution in [0.3, 0.4) is 0 Å². The molecule has 1 amide bonds. The number of carbonyl (C=O) groups excluding carboxylic acids is 1. The molecule has 3 aromatic rings. The zero-order valence-corrected chi connectivity index (χ0v) is 19.2. The van der Waals surface area contributed by atoms with Crippen LogP contribution in [0.15, 0.2) is 54.7 Å². The van der Waals surface area contributed by atoms with Crippen molar-refractivity contribution >= 4 is 23.4 Å². The molecule has 0 unspecified atom stereocenters. The number of amides is 1. The summed E-state index contributed by atoms with van der Waals surface area (Å²) in [6.07, 6.45) is 1.81. The third kappa shape index (κ3) is 5.04. The van der Waals surface area contributed by atoms with Crippen LogP contribution in [-0.2, 0) is 5.41 Å². The Balaban J connectivity index is 1.33. The summed E-state index contributed by atoms with van der Waals surface area (Å²) in [6.45, 7) is 11.3. The molecule has 3 heterocycles. The SMILES string of the molecule is Cc1ccc(Nc2ccc(N3CCN(C(=O)c4ccc(C(C)(C)C)cc4)CC3)nn2)nc1. The number of piperazine rings is 1. The maximum absolute atomic E-state index is 12.9. The van der Waals surface area contributed by atoms with Crippen LogP contribution in [0.25, 0.3) is 0 Å². The smallest absolute Gasteiger partial charge is 0.253 e. The van der Waals surface area contributed by atoms with E-state index in [1.54, 1.807) is 0 Å². The van der Waals surface area contributed by atoms with Gasteiger partial charge in [-0.3, -0.25) is 4.79 Å². The van der Waals surface area contributed by atoms with Crippen LogP contribution in [-0.4, -0.2) is 52.2 Å². The molecule has 0 bridgehead atoms. The number of carbonyl (C=O) groups is 1. The molecule has 4 rings (SSSR count). The lowest BCUT2D eigenvalue weighted by molar-refractivity contribution is 0.0746. The van der Waals surface area contributed by atoms with E-state index in [4.69, 9.17) is 0 Å². The summed E-state index contributed by atoms with van der Waals surface area (Å²) in [5.41, 5.74) is 3.16. The molecule has 0 spiro atoms. The highest BCUT2D eigenvalue weighted by atomic mass is 16.2. The lowest BCUT2D eigenvalue weighted by Crippen LogP contribution is -2.49. The number of aromatic nitrogens is 3. The van der Waals surface area contributed by atoms with Gasteiger partial charge in [0.05, 0.1) is 0 Å². The highest BCUT2D eigenvalue weighted by Gasteiger charge is 2.23. The topological polar surface area (TPSA) is 74.2 Å². The summed E-state index contributed by atoms with van der Waals surface area (Å²) in [7, 11) is 0. The highest BCUT2D eigenvalue weighted by molar-refractivity contribution is 5.94. The van der Waals surface area contributed by atoms with E-state index < -0.39 is 0 Å². The minimum Gasteiger partial charge on any atom is -0.352 e. The minimum absolute atomic E-state index is 0.0793. The summed E-state index contributed by atoms with van der Waals surface area (Å²) in [5.74, 6) is 2.29. The van der Waals surface area contributed by atoms with Crippen LogP contribution in [0.2, 0.25) is 0 Å². The zero-order chi connectivity index (χ0) is 22.7. The summed E-state index contributed by atoms with van der Waals surface area (Å²) in [6, 6.07) is 15.8. The molecule has 1 N–H and O–H groups in total. The van der Waals surface area contributed by atoms with Gasteiger partial charge in [-0.25, -0.2) is 4.98 Å². The number of benzene rings is 1. The van der Waals surface area contributed by atoms with Gasteiger partial charge >= 0.3 is 0 Å². The van der Waals surface area contributed by atoms with Crippen molar-refractivity contribution in [1.82, 2.24) is 20.1 Å². The Morgan fingerprint density at radius 3 is 2.12 bits per heavy atom. The number of hydrogen-bond donors (Lipinski definition) is 1. The van der Waals surface area contributed by atoms with Crippen LogP contribution >= 0.6 is 0 Å². The monoisotopic (exact) mass is 430 g/mol. The van der Waals surface area contributed by atoms with Crippen LogP contribution in [0.5, 0.6) is 0 Å². The Hall–Kier alpha value is -3.48. The zero-order valence-electron chi connectivity index (χ0n) is 19.2. The number of aryl methyl sites for hydroxylation is 1. The first-order valence-electron chi connectivity index (χ1n) is 11.0. The molecule has 166 valence electrons. The number of rotatable bonds is 4. The molecule has 1 aromatic carbocycles. The quantitative estimate of drug-likeness (QED) is 0.669. The van der Waals surface area contributed by atoms with Crippen molar-refractivity contribution in [2.24, 2.45) is 0 Å². The fraction of sp³-hybridized carbons (Fsp3) is 0.360. The molecule has 1 saturated heterocycles. The van der Waals surface area contributed by atoms with Crippen molar-refractivity contribution in [3.05, 3.63) is 71.4 Å². The van der Waals surface area contributed by atoms with Gasteiger partial charge in [-0.15, -0.1) is 10.2 Å². The molecule has 2 aromatic heterocycles. The average Bonchev–Trinajstić information content (AvgIpc) is 2.80. The van der Waals surface area contributed by atoms with Crippen LogP contribution in [0.4, 0.5) is 17.5 Å². The van der Waals surface area contributed by atoms with E-state index >= 15 is 0 Å². The van der Waals surface area contributed by atoms with E-state index in [9.17, 15) is 4.79 Å². The molecule has 0 saturated carbocycles. The van der Waals surface area contributed by atoms with Crippen molar-refractivity contribution < 1.29 is 4.79 Å². The van der Waals surface area contributed by atoms with E-state index in [2.05, 4.69) is 58.3 Å². The normalized spacial score (nSPS) is 14.4. The summed E-state index contributed by atoms with van der Waals surface area (Å²) < 4.78 is 0. The van der Waals surface area contributed by atoms with Gasteiger partial charge in [-0.1, -0.05) is 39.0 Å². The molecule has 1 fully saturated rings. The molecule has 0 radical (unpaired) electrons. The van der Waals surface area contributed by atoms with Gasteiger partial charge in [0.1, 0.15) is 5.82 Å². The number of pyridine rings is 1. The number of nitrogens with one attached hydrogen (secondary N) is 1. The third-order valence-electron chi connectivity index (χ3n) is 5.71. The Morgan fingerprint density at radius 1 is 0.875 bits per heavy atom. The molecule has 1 aliphatic rings. The second kappa shape index (κ2) is 8.94. The summed E-state index contributed by atoms with van der Waals surface area (Å²) >= 11 is 0. The van der Waals surface area contributed by atoms with Crippen LogP contribution in [0.1, 0.15) is 42.3 Å². The van der Waals surface area contributed by atoms with E-state index in [0.717, 1.165) is 35.9 Å². The second-order valence-electron chi connectivity index (χ2n) is 9.23. The Labute approximate surface area is 189 Å². The highest BCUT2D eigenvalue weighted by Crippen LogP contribution is 2.23. The molecule has 1 aliphatic heterocycles. The Kier molecular flexibility index (Phi) is 6.08. The Morgan fingerprint density at radius 2 is 1.56 bits per heavy atom. The second-order valence-corrected chi connectivity index (χ2v) is 9.23. The van der Waals surface area contributed by atoms with E-state index in [1.807, 2.05) is 54.4 Å². The molecular formula is C25H30N6O. The van der Waals surface area contributed by atoms with Crippen molar-refractivity contribution in [2.75, 3.05) is 36.4 Å². The molecule has 32 heavy (non-hydrogen) atoms. The first kappa shape index (κ1) is 21.7. The third-order valence-corrected chi connectivity index (χ3v) is 5.71.